The van der Waals surface area contributed by atoms with Gasteiger partial charge in [0.25, 0.3) is 0 Å². The van der Waals surface area contributed by atoms with Gasteiger partial charge in [0, 0.05) is 0 Å². The Kier molecular flexibility index (Phi) is 4.28. The van der Waals surface area contributed by atoms with E-state index >= 15 is 0 Å². The summed E-state index contributed by atoms with van der Waals surface area (Å²) in [5.41, 5.74) is -2.53. The second kappa shape index (κ2) is 5.05. The van der Waals surface area contributed by atoms with E-state index in [4.69, 9.17) is 0 Å². The molecule has 0 fully saturated rings. The summed E-state index contributed by atoms with van der Waals surface area (Å²) in [6, 6.07) is 0.348. The fourth-order valence-corrected chi connectivity index (χ4v) is 1.73. The van der Waals surface area contributed by atoms with Crippen LogP contribution in [0.5, 0.6) is 5.75 Å². The number of hydrogen-bond acceptors (Lipinski definition) is 2. The molecule has 0 aliphatic carbocycles. The van der Waals surface area contributed by atoms with Gasteiger partial charge in [0.1, 0.15) is 18.1 Å². The molecule has 0 saturated heterocycles. The van der Waals surface area contributed by atoms with E-state index in [1.165, 1.54) is 22.6 Å². The minimum Gasteiger partial charge on any atom is -0.403 e. The van der Waals surface area contributed by atoms with E-state index in [0.29, 0.717) is 6.07 Å². The van der Waals surface area contributed by atoms with Gasteiger partial charge in [-0.1, -0.05) is 0 Å². The largest absolute Gasteiger partial charge is 0.573 e. The zero-order chi connectivity index (χ0) is 14.1. The van der Waals surface area contributed by atoms with E-state index < -0.39 is 39.9 Å². The lowest BCUT2D eigenvalue weighted by molar-refractivity contribution is -0.275. The van der Waals surface area contributed by atoms with Crippen molar-refractivity contribution in [2.24, 2.45) is 0 Å². The van der Waals surface area contributed by atoms with Crippen LogP contribution in [0.2, 0.25) is 0 Å². The number of halogens is 8. The maximum absolute atomic E-state index is 12.4. The summed E-state index contributed by atoms with van der Waals surface area (Å²) in [6.45, 7) is -1.61. The third-order valence-corrected chi connectivity index (χ3v) is 2.43. The van der Waals surface area contributed by atoms with Crippen LogP contribution in [-0.2, 0) is 12.9 Å². The quantitative estimate of drug-likeness (QED) is 0.562. The summed E-state index contributed by atoms with van der Waals surface area (Å²) >= 11 is 1.18. The zero-order valence-corrected chi connectivity index (χ0v) is 10.3. The van der Waals surface area contributed by atoms with Crippen LogP contribution in [0.15, 0.2) is 6.07 Å². The highest BCUT2D eigenvalue weighted by Gasteiger charge is 2.37. The monoisotopic (exact) mass is 389 g/mol. The van der Waals surface area contributed by atoms with Crippen LogP contribution in [0.3, 0.4) is 0 Å². The lowest BCUT2D eigenvalue weighted by Crippen LogP contribution is -2.20. The zero-order valence-electron chi connectivity index (χ0n) is 8.16. The topological polar surface area (TPSA) is 22.1 Å². The van der Waals surface area contributed by atoms with E-state index in [2.05, 4.69) is 9.72 Å². The summed E-state index contributed by atoms with van der Waals surface area (Å²) in [5.74, 6) is -1.06. The Hall–Kier alpha value is -0.810. The van der Waals surface area contributed by atoms with Crippen LogP contribution < -0.4 is 4.74 Å². The summed E-state index contributed by atoms with van der Waals surface area (Å²) in [6.07, 6.45) is -10.0. The molecule has 0 aromatic carbocycles. The summed E-state index contributed by atoms with van der Waals surface area (Å²) in [4.78, 5) is 2.78. The van der Waals surface area contributed by atoms with Crippen LogP contribution in [0.4, 0.5) is 30.7 Å². The van der Waals surface area contributed by atoms with Gasteiger partial charge in [0.05, 0.1) is 3.57 Å². The van der Waals surface area contributed by atoms with Gasteiger partial charge in [-0.3, -0.25) is 0 Å². The van der Waals surface area contributed by atoms with Crippen LogP contribution in [0.1, 0.15) is 11.4 Å². The molecule has 0 aliphatic rings. The third kappa shape index (κ3) is 3.85. The van der Waals surface area contributed by atoms with Crippen molar-refractivity contribution in [3.63, 3.8) is 0 Å². The van der Waals surface area contributed by atoms with Crippen molar-refractivity contribution in [3.8, 4) is 5.75 Å². The molecule has 0 spiro atoms. The van der Waals surface area contributed by atoms with Gasteiger partial charge in [-0.05, 0) is 28.7 Å². The molecule has 0 N–H and O–H groups in total. The Balaban J connectivity index is 3.29. The number of hydrogen-bond donors (Lipinski definition) is 0. The number of ether oxygens (including phenoxy) is 1. The Morgan fingerprint density at radius 1 is 1.17 bits per heavy atom. The molecule has 1 rings (SSSR count). The number of alkyl halides is 7. The minimum absolute atomic E-state index is 0.348. The highest BCUT2D eigenvalue weighted by molar-refractivity contribution is 14.1. The summed E-state index contributed by atoms with van der Waals surface area (Å²) in [5, 5.41) is 0. The van der Waals surface area contributed by atoms with Crippen LogP contribution >= 0.6 is 22.6 Å². The van der Waals surface area contributed by atoms with Crippen LogP contribution in [0.25, 0.3) is 0 Å². The molecule has 0 atom stereocenters. The van der Waals surface area contributed by atoms with Gasteiger partial charge in [0.2, 0.25) is 0 Å². The minimum atomic E-state index is -5.13. The van der Waals surface area contributed by atoms with Crippen molar-refractivity contribution in [3.05, 3.63) is 21.0 Å². The molecule has 0 unspecified atom stereocenters. The summed E-state index contributed by atoms with van der Waals surface area (Å²) < 4.78 is 88.2. The van der Waals surface area contributed by atoms with Crippen LogP contribution in [-0.4, -0.2) is 11.3 Å². The van der Waals surface area contributed by atoms with Crippen molar-refractivity contribution < 1.29 is 35.5 Å². The average molecular weight is 389 g/mol. The van der Waals surface area contributed by atoms with Gasteiger partial charge >= 0.3 is 12.5 Å². The number of aromatic nitrogens is 1. The molecule has 1 heterocycles. The van der Waals surface area contributed by atoms with Crippen molar-refractivity contribution in [1.82, 2.24) is 4.98 Å². The van der Waals surface area contributed by atoms with Gasteiger partial charge in [-0.15, -0.1) is 13.2 Å². The molecular weight excluding hydrogens is 386 g/mol. The predicted octanol–water partition coefficient (Wildman–Crippen LogP) is 4.07. The van der Waals surface area contributed by atoms with Gasteiger partial charge in [0.15, 0.2) is 5.75 Å². The van der Waals surface area contributed by atoms with Gasteiger partial charge in [-0.25, -0.2) is 9.37 Å². The first-order chi connectivity index (χ1) is 8.04. The normalized spacial score (nSPS) is 12.7. The second-order valence-electron chi connectivity index (χ2n) is 2.94. The first-order valence-corrected chi connectivity index (χ1v) is 5.21. The fraction of sp³-hybridized carbons (Fsp3) is 0.375. The molecule has 2 nitrogen and oxygen atoms in total. The Labute approximate surface area is 109 Å². The third-order valence-electron chi connectivity index (χ3n) is 1.63. The van der Waals surface area contributed by atoms with Crippen molar-refractivity contribution in [2.75, 3.05) is 0 Å². The fourth-order valence-electron chi connectivity index (χ4n) is 1.01. The van der Waals surface area contributed by atoms with Crippen molar-refractivity contribution in [1.29, 1.82) is 0 Å². The molecular formula is C8H3F7INO. The van der Waals surface area contributed by atoms with Crippen molar-refractivity contribution in [2.45, 2.75) is 19.2 Å². The molecule has 1 aromatic rings. The Bertz CT molecular complexity index is 442. The maximum Gasteiger partial charge on any atom is 0.573 e. The smallest absolute Gasteiger partial charge is 0.403 e. The van der Waals surface area contributed by atoms with Crippen molar-refractivity contribution >= 4 is 22.6 Å². The predicted molar refractivity (Wildman–Crippen MR) is 53.5 cm³/mol. The van der Waals surface area contributed by atoms with E-state index in [1.807, 2.05) is 0 Å². The molecule has 0 radical (unpaired) electrons. The van der Waals surface area contributed by atoms with Gasteiger partial charge < -0.3 is 4.74 Å². The molecule has 0 bridgehead atoms. The number of rotatable bonds is 2. The lowest BCUT2D eigenvalue weighted by atomic mass is 10.3. The van der Waals surface area contributed by atoms with Gasteiger partial charge in [-0.2, -0.15) is 13.2 Å². The molecule has 18 heavy (non-hydrogen) atoms. The highest BCUT2D eigenvalue weighted by Crippen LogP contribution is 2.36. The molecule has 102 valence electrons. The van der Waals surface area contributed by atoms with E-state index in [1.54, 1.807) is 0 Å². The standard InChI is InChI=1S/C8H3F7INO/c9-2-4-6(18-8(13,14)15)3(16)1-5(17-4)7(10,11)12/h1H,2H2. The maximum atomic E-state index is 12.4. The molecule has 10 heteroatoms. The van der Waals surface area contributed by atoms with E-state index in [0.717, 1.165) is 0 Å². The number of pyridine rings is 1. The molecule has 0 aliphatic heterocycles. The SMILES string of the molecule is FCc1nc(C(F)(F)F)cc(I)c1OC(F)(F)F. The summed E-state index contributed by atoms with van der Waals surface area (Å²) in [7, 11) is 0. The first kappa shape index (κ1) is 15.2. The molecule has 0 amide bonds. The Morgan fingerprint density at radius 2 is 1.72 bits per heavy atom. The first-order valence-electron chi connectivity index (χ1n) is 4.13. The Morgan fingerprint density at radius 3 is 2.11 bits per heavy atom. The lowest BCUT2D eigenvalue weighted by Gasteiger charge is -2.15. The van der Waals surface area contributed by atoms with Crippen LogP contribution in [0, 0.1) is 3.57 Å². The molecule has 1 aromatic heterocycles. The average Bonchev–Trinajstić information content (AvgIpc) is 2.17. The highest BCUT2D eigenvalue weighted by atomic mass is 127. The van der Waals surface area contributed by atoms with E-state index in [-0.39, 0.29) is 0 Å². The molecule has 0 saturated carbocycles. The number of nitrogens with zero attached hydrogens (tertiary/aromatic N) is 1. The second-order valence-corrected chi connectivity index (χ2v) is 4.11. The van der Waals surface area contributed by atoms with E-state index in [9.17, 15) is 30.7 Å².